The van der Waals surface area contributed by atoms with Crippen molar-refractivity contribution < 1.29 is 9.18 Å². The number of nitrogens with one attached hydrogen (secondary N) is 1. The molecule has 3 aromatic rings. The fraction of sp³-hybridized carbons (Fsp3) is 0.0500. The van der Waals surface area contributed by atoms with Crippen molar-refractivity contribution >= 4 is 40.7 Å². The number of carbonyl (C=O) groups is 1. The maximum atomic E-state index is 13.3. The molecular weight excluding hydrogens is 424 g/mol. The summed E-state index contributed by atoms with van der Waals surface area (Å²) in [6, 6.07) is 13.2. The number of pyridine rings is 1. The van der Waals surface area contributed by atoms with Crippen LogP contribution in [-0.2, 0) is 0 Å². The molecule has 0 fully saturated rings. The molecule has 1 heterocycles. The van der Waals surface area contributed by atoms with Gasteiger partial charge >= 0.3 is 0 Å². The first-order valence-corrected chi connectivity index (χ1v) is 9.09. The van der Waals surface area contributed by atoms with Gasteiger partial charge in [0.15, 0.2) is 0 Å². The molecule has 0 aliphatic carbocycles. The molecule has 0 saturated heterocycles. The van der Waals surface area contributed by atoms with Gasteiger partial charge in [-0.2, -0.15) is 5.26 Å². The second-order valence-electron chi connectivity index (χ2n) is 5.79. The van der Waals surface area contributed by atoms with Gasteiger partial charge in [0.2, 0.25) is 0 Å². The number of nitrogens with zero attached hydrogens (tertiary/aromatic N) is 2. The average molecular weight is 435 g/mol. The molecule has 1 aromatic heterocycles. The summed E-state index contributed by atoms with van der Waals surface area (Å²) in [7, 11) is 0. The zero-order valence-electron chi connectivity index (χ0n) is 14.1. The Hall–Kier alpha value is -2.65. The standard InChI is InChI=1S/C20H11Cl3FN3O/c21-15-5-3-11(7-17(15)23)19(18-6-4-14(24)10-26-18)27-20(28)12-1-2-13(9-25)16(22)8-12/h1-8,10,19H,(H,27,28). The van der Waals surface area contributed by atoms with E-state index in [1.54, 1.807) is 18.2 Å². The topological polar surface area (TPSA) is 65.8 Å². The smallest absolute Gasteiger partial charge is 0.252 e. The molecular formula is C20H11Cl3FN3O. The van der Waals surface area contributed by atoms with Crippen molar-refractivity contribution in [3.63, 3.8) is 0 Å². The molecule has 140 valence electrons. The van der Waals surface area contributed by atoms with Gasteiger partial charge in [-0.3, -0.25) is 9.78 Å². The van der Waals surface area contributed by atoms with E-state index in [-0.39, 0.29) is 16.1 Å². The summed E-state index contributed by atoms with van der Waals surface area (Å²) in [6.07, 6.45) is 1.06. The van der Waals surface area contributed by atoms with Crippen molar-refractivity contribution in [1.82, 2.24) is 10.3 Å². The minimum atomic E-state index is -0.711. The highest BCUT2D eigenvalue weighted by Crippen LogP contribution is 2.29. The molecule has 1 N–H and O–H groups in total. The van der Waals surface area contributed by atoms with Gasteiger partial charge in [-0.1, -0.05) is 40.9 Å². The quantitative estimate of drug-likeness (QED) is 0.583. The number of hydrogen-bond donors (Lipinski definition) is 1. The number of halogens is 4. The minimum absolute atomic E-state index is 0.168. The van der Waals surface area contributed by atoms with Crippen LogP contribution in [0.5, 0.6) is 0 Å². The van der Waals surface area contributed by atoms with Crippen LogP contribution in [0.2, 0.25) is 15.1 Å². The van der Waals surface area contributed by atoms with Crippen LogP contribution in [0.25, 0.3) is 0 Å². The Morgan fingerprint density at radius 2 is 1.82 bits per heavy atom. The average Bonchev–Trinajstić information content (AvgIpc) is 2.69. The summed E-state index contributed by atoms with van der Waals surface area (Å²) in [5.41, 5.74) is 1.55. The molecule has 0 radical (unpaired) electrons. The Morgan fingerprint density at radius 3 is 2.43 bits per heavy atom. The number of benzene rings is 2. The lowest BCUT2D eigenvalue weighted by atomic mass is 10.0. The maximum Gasteiger partial charge on any atom is 0.252 e. The number of hydrogen-bond acceptors (Lipinski definition) is 3. The molecule has 0 aliphatic rings. The zero-order valence-corrected chi connectivity index (χ0v) is 16.4. The Bertz CT molecular complexity index is 1080. The van der Waals surface area contributed by atoms with Gasteiger partial charge in [0.25, 0.3) is 5.91 Å². The zero-order chi connectivity index (χ0) is 20.3. The second kappa shape index (κ2) is 8.57. The third-order valence-electron chi connectivity index (χ3n) is 3.95. The van der Waals surface area contributed by atoms with Crippen LogP contribution in [0.4, 0.5) is 4.39 Å². The number of rotatable bonds is 4. The normalized spacial score (nSPS) is 11.5. The lowest BCUT2D eigenvalue weighted by molar-refractivity contribution is 0.0942. The molecule has 1 unspecified atom stereocenters. The molecule has 0 bridgehead atoms. The molecule has 2 aromatic carbocycles. The van der Waals surface area contributed by atoms with E-state index in [1.807, 2.05) is 6.07 Å². The van der Waals surface area contributed by atoms with Crippen LogP contribution >= 0.6 is 34.8 Å². The lowest BCUT2D eigenvalue weighted by Gasteiger charge is -2.19. The predicted octanol–water partition coefficient (Wildman–Crippen LogP) is 5.57. The van der Waals surface area contributed by atoms with Crippen molar-refractivity contribution in [1.29, 1.82) is 5.26 Å². The molecule has 0 aliphatic heterocycles. The monoisotopic (exact) mass is 433 g/mol. The highest BCUT2D eigenvalue weighted by molar-refractivity contribution is 6.42. The molecule has 0 spiro atoms. The summed E-state index contributed by atoms with van der Waals surface area (Å²) >= 11 is 18.1. The largest absolute Gasteiger partial charge is 0.340 e. The molecule has 8 heteroatoms. The van der Waals surface area contributed by atoms with E-state index in [0.29, 0.717) is 21.3 Å². The maximum absolute atomic E-state index is 13.3. The van der Waals surface area contributed by atoms with Gasteiger partial charge in [0, 0.05) is 5.56 Å². The SMILES string of the molecule is N#Cc1ccc(C(=O)NC(c2ccc(Cl)c(Cl)c2)c2ccc(F)cn2)cc1Cl. The van der Waals surface area contributed by atoms with Crippen LogP contribution in [0, 0.1) is 17.1 Å². The number of carbonyl (C=O) groups excluding carboxylic acids is 1. The predicted molar refractivity (Wildman–Crippen MR) is 106 cm³/mol. The number of nitriles is 1. The van der Waals surface area contributed by atoms with Crippen molar-refractivity contribution in [3.05, 3.63) is 98.0 Å². The minimum Gasteiger partial charge on any atom is -0.340 e. The first kappa shape index (κ1) is 20.1. The fourth-order valence-electron chi connectivity index (χ4n) is 2.54. The first-order valence-electron chi connectivity index (χ1n) is 7.96. The van der Waals surface area contributed by atoms with Gasteiger partial charge in [0.1, 0.15) is 11.9 Å². The van der Waals surface area contributed by atoms with Crippen molar-refractivity contribution in [2.75, 3.05) is 0 Å². The van der Waals surface area contributed by atoms with Crippen LogP contribution in [0.1, 0.15) is 33.2 Å². The van der Waals surface area contributed by atoms with Crippen molar-refractivity contribution in [2.45, 2.75) is 6.04 Å². The van der Waals surface area contributed by atoms with Crippen LogP contribution in [-0.4, -0.2) is 10.9 Å². The van der Waals surface area contributed by atoms with E-state index < -0.39 is 17.8 Å². The summed E-state index contributed by atoms with van der Waals surface area (Å²) < 4.78 is 13.3. The summed E-state index contributed by atoms with van der Waals surface area (Å²) in [6.45, 7) is 0. The number of aromatic nitrogens is 1. The van der Waals surface area contributed by atoms with Gasteiger partial charge in [-0.25, -0.2) is 4.39 Å². The first-order chi connectivity index (χ1) is 13.4. The fourth-order valence-corrected chi connectivity index (χ4v) is 3.07. The molecule has 3 rings (SSSR count). The van der Waals surface area contributed by atoms with Crippen LogP contribution in [0.15, 0.2) is 54.7 Å². The van der Waals surface area contributed by atoms with E-state index in [2.05, 4.69) is 10.3 Å². The third-order valence-corrected chi connectivity index (χ3v) is 5.00. The van der Waals surface area contributed by atoms with Crippen LogP contribution < -0.4 is 5.32 Å². The molecule has 1 atom stereocenters. The highest BCUT2D eigenvalue weighted by atomic mass is 35.5. The second-order valence-corrected chi connectivity index (χ2v) is 7.01. The van der Waals surface area contributed by atoms with Crippen LogP contribution in [0.3, 0.4) is 0 Å². The number of amides is 1. The van der Waals surface area contributed by atoms with Crippen molar-refractivity contribution in [3.8, 4) is 6.07 Å². The molecule has 28 heavy (non-hydrogen) atoms. The molecule has 1 amide bonds. The summed E-state index contributed by atoms with van der Waals surface area (Å²) in [5, 5.41) is 12.6. The molecule has 0 saturated carbocycles. The Morgan fingerprint density at radius 1 is 1.04 bits per heavy atom. The molecule has 4 nitrogen and oxygen atoms in total. The van der Waals surface area contributed by atoms with E-state index in [1.165, 1.54) is 30.3 Å². The van der Waals surface area contributed by atoms with Gasteiger partial charge < -0.3 is 5.32 Å². The van der Waals surface area contributed by atoms with Gasteiger partial charge in [-0.05, 0) is 48.0 Å². The lowest BCUT2D eigenvalue weighted by Crippen LogP contribution is -2.30. The summed E-state index contributed by atoms with van der Waals surface area (Å²) in [4.78, 5) is 16.8. The Balaban J connectivity index is 1.98. The van der Waals surface area contributed by atoms with E-state index in [4.69, 9.17) is 40.1 Å². The van der Waals surface area contributed by atoms with E-state index >= 15 is 0 Å². The van der Waals surface area contributed by atoms with Crippen molar-refractivity contribution in [2.24, 2.45) is 0 Å². The summed E-state index contributed by atoms with van der Waals surface area (Å²) in [5.74, 6) is -0.949. The Labute approximate surface area is 175 Å². The van der Waals surface area contributed by atoms with Gasteiger partial charge in [0.05, 0.1) is 38.6 Å². The Kier molecular flexibility index (Phi) is 6.15. The van der Waals surface area contributed by atoms with Gasteiger partial charge in [-0.15, -0.1) is 0 Å². The highest BCUT2D eigenvalue weighted by Gasteiger charge is 2.21. The van der Waals surface area contributed by atoms with E-state index in [9.17, 15) is 9.18 Å². The third kappa shape index (κ3) is 4.42. The van der Waals surface area contributed by atoms with E-state index in [0.717, 1.165) is 6.20 Å².